The molecule has 63 heavy (non-hydrogen) atoms. The smallest absolute Gasteiger partial charge is 0.222 e. The van der Waals surface area contributed by atoms with Gasteiger partial charge in [-0.05, 0) is 69.3 Å². The van der Waals surface area contributed by atoms with Gasteiger partial charge in [-0.15, -0.1) is 0 Å². The van der Waals surface area contributed by atoms with Crippen LogP contribution in [-0.2, 0) is 30.5 Å². The number of fused-ring (bicyclic) bond motifs is 6. The van der Waals surface area contributed by atoms with Crippen molar-refractivity contribution in [3.05, 3.63) is 117 Å². The van der Waals surface area contributed by atoms with Crippen molar-refractivity contribution in [2.75, 3.05) is 50.8 Å². The van der Waals surface area contributed by atoms with E-state index in [4.69, 9.17) is 84.8 Å². The Hall–Kier alpha value is -5.42. The molecule has 10 rings (SSSR count). The van der Waals surface area contributed by atoms with Crippen LogP contribution in [0, 0.1) is 0 Å². The van der Waals surface area contributed by atoms with Gasteiger partial charge in [0.25, 0.3) is 0 Å². The van der Waals surface area contributed by atoms with Crippen molar-refractivity contribution in [3.8, 4) is 11.8 Å². The highest BCUT2D eigenvalue weighted by molar-refractivity contribution is 6.40. The maximum atomic E-state index is 6.64. The number of halogens is 4. The van der Waals surface area contributed by atoms with E-state index in [0.29, 0.717) is 87.9 Å². The van der Waals surface area contributed by atoms with Gasteiger partial charge in [0.05, 0.1) is 93.4 Å². The summed E-state index contributed by atoms with van der Waals surface area (Å²) in [5.41, 5.74) is 4.05. The third-order valence-electron chi connectivity index (χ3n) is 10.7. The summed E-state index contributed by atoms with van der Waals surface area (Å²) in [6, 6.07) is 14.6. The van der Waals surface area contributed by atoms with Crippen LogP contribution in [0.3, 0.4) is 0 Å². The van der Waals surface area contributed by atoms with E-state index in [0.717, 1.165) is 54.5 Å². The van der Waals surface area contributed by atoms with E-state index in [2.05, 4.69) is 30.6 Å². The van der Waals surface area contributed by atoms with Crippen molar-refractivity contribution in [3.63, 3.8) is 0 Å². The summed E-state index contributed by atoms with van der Waals surface area (Å²) in [5, 5.41) is 13.2. The molecule has 0 radical (unpaired) electrons. The van der Waals surface area contributed by atoms with Gasteiger partial charge in [0.1, 0.15) is 11.6 Å². The predicted molar refractivity (Wildman–Crippen MR) is 245 cm³/mol. The third kappa shape index (κ3) is 8.18. The molecule has 0 atom stereocenters. The zero-order valence-corrected chi connectivity index (χ0v) is 37.3. The summed E-state index contributed by atoms with van der Waals surface area (Å²) in [6.45, 7) is 8.17. The van der Waals surface area contributed by atoms with E-state index in [1.54, 1.807) is 68.6 Å². The molecular formula is C45H38Cl4N8O6. The van der Waals surface area contributed by atoms with Gasteiger partial charge in [0.2, 0.25) is 11.8 Å². The number of methoxy groups -OCH3 is 1. The number of nitrogens with zero attached hydrogens (tertiary/aromatic N) is 6. The van der Waals surface area contributed by atoms with Crippen LogP contribution in [0.25, 0.3) is 43.4 Å². The van der Waals surface area contributed by atoms with E-state index in [9.17, 15) is 0 Å². The largest absolute Gasteiger partial charge is 0.481 e. The summed E-state index contributed by atoms with van der Waals surface area (Å²) in [7, 11) is 1.58. The summed E-state index contributed by atoms with van der Waals surface area (Å²) < 4.78 is 34.2. The van der Waals surface area contributed by atoms with Gasteiger partial charge in [-0.25, -0.2) is 19.9 Å². The van der Waals surface area contributed by atoms with Gasteiger partial charge in [-0.3, -0.25) is 9.97 Å². The van der Waals surface area contributed by atoms with E-state index in [1.165, 1.54) is 0 Å². The van der Waals surface area contributed by atoms with Crippen molar-refractivity contribution >= 4 is 113 Å². The number of benzene rings is 2. The maximum absolute atomic E-state index is 6.64. The van der Waals surface area contributed by atoms with Crippen molar-refractivity contribution in [2.45, 2.75) is 32.3 Å². The molecule has 2 aliphatic rings. The molecule has 8 heterocycles. The Morgan fingerprint density at radius 1 is 0.587 bits per heavy atom. The molecule has 0 unspecified atom stereocenters. The van der Waals surface area contributed by atoms with Crippen molar-refractivity contribution in [2.24, 2.45) is 0 Å². The third-order valence-corrected chi connectivity index (χ3v) is 11.9. The Morgan fingerprint density at radius 3 is 1.41 bits per heavy atom. The topological polar surface area (TPSA) is 157 Å². The van der Waals surface area contributed by atoms with Gasteiger partial charge in [0, 0.05) is 69.9 Å². The molecule has 2 aromatic carbocycles. The summed E-state index contributed by atoms with van der Waals surface area (Å²) in [6.07, 6.45) is 10.2. The first-order chi connectivity index (χ1) is 30.5. The highest BCUT2D eigenvalue weighted by Crippen LogP contribution is 2.44. The standard InChI is InChI=1S/C23H20Cl2N4O3.C22H18Cl2N4O3/c1-3-30-22-19-14(4-7-27-22)21(28-18-5-6-26-12-15(18)19)29-20-16(24)10-13(11-17(20)25)23(2)31-8-9-32-23;1-22(30-7-8-31-22)12-9-15(23)19(16(24)10-12)28-20-13-3-6-26-21(29-2)18(13)14-11-25-5-4-17(14)27-20/h4-7,10-12H,3,8-9H2,1-2H3,(H,28,29);3-6,9-11H,7-8H2,1-2H3,(H,27,28). The number of anilines is 4. The quantitative estimate of drug-likeness (QED) is 0.132. The molecule has 322 valence electrons. The first kappa shape index (κ1) is 42.9. The highest BCUT2D eigenvalue weighted by atomic mass is 35.5. The van der Waals surface area contributed by atoms with Crippen LogP contribution in [-0.4, -0.2) is 70.0 Å². The Morgan fingerprint density at radius 2 is 1.00 bits per heavy atom. The molecule has 2 aliphatic heterocycles. The summed E-state index contributed by atoms with van der Waals surface area (Å²) in [5.74, 6) is 0.418. The molecule has 0 amide bonds. The van der Waals surface area contributed by atoms with Gasteiger partial charge in [-0.2, -0.15) is 0 Å². The maximum Gasteiger partial charge on any atom is 0.222 e. The van der Waals surface area contributed by atoms with Crippen LogP contribution < -0.4 is 20.1 Å². The molecule has 18 heteroatoms. The average Bonchev–Trinajstić information content (AvgIpc) is 3.95. The van der Waals surface area contributed by atoms with Crippen LogP contribution in [0.1, 0.15) is 31.9 Å². The fraction of sp³-hybridized carbons (Fsp3) is 0.244. The van der Waals surface area contributed by atoms with Crippen molar-refractivity contribution < 1.29 is 28.4 Å². The summed E-state index contributed by atoms with van der Waals surface area (Å²) >= 11 is 26.5. The Labute approximate surface area is 381 Å². The lowest BCUT2D eigenvalue weighted by molar-refractivity contribution is -0.150. The van der Waals surface area contributed by atoms with Crippen LogP contribution in [0.2, 0.25) is 20.1 Å². The minimum Gasteiger partial charge on any atom is -0.481 e. The number of pyridine rings is 6. The molecule has 0 spiro atoms. The van der Waals surface area contributed by atoms with Crippen LogP contribution in [0.5, 0.6) is 11.8 Å². The van der Waals surface area contributed by atoms with Crippen LogP contribution >= 0.6 is 46.4 Å². The number of hydrogen-bond acceptors (Lipinski definition) is 14. The number of ether oxygens (including phenoxy) is 6. The zero-order chi connectivity index (χ0) is 43.9. The average molecular weight is 929 g/mol. The van der Waals surface area contributed by atoms with Crippen LogP contribution in [0.4, 0.5) is 23.0 Å². The molecule has 14 nitrogen and oxygen atoms in total. The minimum atomic E-state index is -0.870. The second-order valence-corrected chi connectivity index (χ2v) is 16.2. The second kappa shape index (κ2) is 17.6. The van der Waals surface area contributed by atoms with E-state index in [1.807, 2.05) is 45.0 Å². The SMILES string of the molecule is CCOc1nccc2c(Nc3c(Cl)cc(C4(C)OCCO4)cc3Cl)nc3ccncc3c12.COc1nccc2c(Nc3c(Cl)cc(C4(C)OCCO4)cc3Cl)nc3ccncc3c12. The Kier molecular flexibility index (Phi) is 12.0. The van der Waals surface area contributed by atoms with Crippen molar-refractivity contribution in [1.82, 2.24) is 29.9 Å². The van der Waals surface area contributed by atoms with Gasteiger partial charge in [0.15, 0.2) is 11.6 Å². The van der Waals surface area contributed by atoms with Gasteiger partial charge >= 0.3 is 0 Å². The number of nitrogens with one attached hydrogen (secondary N) is 2. The van der Waals surface area contributed by atoms with Crippen molar-refractivity contribution in [1.29, 1.82) is 0 Å². The molecule has 8 aromatic rings. The molecule has 0 saturated carbocycles. The molecule has 0 aliphatic carbocycles. The molecule has 0 bridgehead atoms. The molecule has 2 fully saturated rings. The van der Waals surface area contributed by atoms with E-state index >= 15 is 0 Å². The lowest BCUT2D eigenvalue weighted by Gasteiger charge is -2.24. The van der Waals surface area contributed by atoms with E-state index < -0.39 is 11.6 Å². The molecule has 2 N–H and O–H groups in total. The Balaban J connectivity index is 0.000000160. The fourth-order valence-corrected chi connectivity index (χ4v) is 8.78. The number of rotatable bonds is 9. The second-order valence-electron chi connectivity index (χ2n) is 14.6. The van der Waals surface area contributed by atoms with Crippen LogP contribution in [0.15, 0.2) is 85.7 Å². The summed E-state index contributed by atoms with van der Waals surface area (Å²) in [4.78, 5) is 26.8. The zero-order valence-electron chi connectivity index (χ0n) is 34.3. The van der Waals surface area contributed by atoms with Gasteiger partial charge < -0.3 is 39.1 Å². The first-order valence-electron chi connectivity index (χ1n) is 19.8. The first-order valence-corrected chi connectivity index (χ1v) is 21.3. The molecular weight excluding hydrogens is 890 g/mol. The lowest BCUT2D eigenvalue weighted by Crippen LogP contribution is -2.22. The predicted octanol–water partition coefficient (Wildman–Crippen LogP) is 11.3. The molecule has 6 aromatic heterocycles. The normalized spacial score (nSPS) is 15.4. The number of hydrogen-bond donors (Lipinski definition) is 2. The van der Waals surface area contributed by atoms with Gasteiger partial charge in [-0.1, -0.05) is 46.4 Å². The minimum absolute atomic E-state index is 0.425. The highest BCUT2D eigenvalue weighted by Gasteiger charge is 2.35. The van der Waals surface area contributed by atoms with E-state index in [-0.39, 0.29) is 0 Å². The lowest BCUT2D eigenvalue weighted by atomic mass is 10.1. The molecule has 2 saturated heterocycles. The Bertz CT molecular complexity index is 3000. The monoisotopic (exact) mass is 926 g/mol. The number of aromatic nitrogens is 6. The fourth-order valence-electron chi connectivity index (χ4n) is 7.62.